The maximum absolute atomic E-state index is 12.6. The van der Waals surface area contributed by atoms with Crippen LogP contribution in [-0.4, -0.2) is 74.7 Å². The van der Waals surface area contributed by atoms with Crippen molar-refractivity contribution in [1.29, 1.82) is 0 Å². The number of nitrogens with one attached hydrogen (secondary N) is 1. The lowest BCUT2D eigenvalue weighted by Crippen LogP contribution is -2.48. The van der Waals surface area contributed by atoms with Crippen LogP contribution >= 0.6 is 0 Å². The largest absolute Gasteiger partial charge is 0.496 e. The Bertz CT molecular complexity index is 956. The number of para-hydroxylation sites is 1. The van der Waals surface area contributed by atoms with E-state index in [-0.39, 0.29) is 18.2 Å². The predicted octanol–water partition coefficient (Wildman–Crippen LogP) is 1.93. The molecule has 1 saturated heterocycles. The summed E-state index contributed by atoms with van der Waals surface area (Å²) in [4.78, 5) is 29.1. The van der Waals surface area contributed by atoms with Gasteiger partial charge in [0, 0.05) is 45.7 Å². The number of carbonyl (C=O) groups excluding carboxylic acids is 2. The molecule has 2 heterocycles. The van der Waals surface area contributed by atoms with Gasteiger partial charge in [-0.05, 0) is 29.8 Å². The van der Waals surface area contributed by atoms with Gasteiger partial charge in [0.05, 0.1) is 12.7 Å². The minimum Gasteiger partial charge on any atom is -0.496 e. The number of hydrogen-bond acceptors (Lipinski definition) is 6. The van der Waals surface area contributed by atoms with Crippen LogP contribution in [0.5, 0.6) is 17.2 Å². The van der Waals surface area contributed by atoms with Crippen LogP contribution in [0.15, 0.2) is 42.5 Å². The van der Waals surface area contributed by atoms with Crippen LogP contribution in [0.1, 0.15) is 22.3 Å². The van der Waals surface area contributed by atoms with Gasteiger partial charge in [0.15, 0.2) is 11.5 Å². The third-order valence-electron chi connectivity index (χ3n) is 5.71. The molecule has 8 heteroatoms. The molecule has 0 aromatic heterocycles. The van der Waals surface area contributed by atoms with Crippen molar-refractivity contribution in [2.75, 3.05) is 53.0 Å². The van der Waals surface area contributed by atoms with Crippen molar-refractivity contribution in [2.45, 2.75) is 13.0 Å². The zero-order valence-corrected chi connectivity index (χ0v) is 18.3. The molecular formula is C24H29N3O5. The second-order valence-corrected chi connectivity index (χ2v) is 7.84. The van der Waals surface area contributed by atoms with Crippen molar-refractivity contribution in [2.24, 2.45) is 0 Å². The van der Waals surface area contributed by atoms with E-state index in [2.05, 4.69) is 16.3 Å². The van der Waals surface area contributed by atoms with Crippen LogP contribution in [-0.2, 0) is 11.3 Å². The molecule has 4 rings (SSSR count). The topological polar surface area (TPSA) is 80.3 Å². The first-order chi connectivity index (χ1) is 15.6. The molecule has 2 aliphatic heterocycles. The molecule has 32 heavy (non-hydrogen) atoms. The predicted molar refractivity (Wildman–Crippen MR) is 119 cm³/mol. The molecule has 2 aliphatic rings. The van der Waals surface area contributed by atoms with Crippen molar-refractivity contribution in [1.82, 2.24) is 15.1 Å². The number of hydrogen-bond donors (Lipinski definition) is 1. The quantitative estimate of drug-likeness (QED) is 0.710. The summed E-state index contributed by atoms with van der Waals surface area (Å²) in [7, 11) is 1.53. The monoisotopic (exact) mass is 439 g/mol. The van der Waals surface area contributed by atoms with Crippen molar-refractivity contribution in [3.8, 4) is 17.2 Å². The molecule has 0 atom stereocenters. The van der Waals surface area contributed by atoms with Crippen molar-refractivity contribution >= 4 is 11.8 Å². The smallest absolute Gasteiger partial charge is 0.255 e. The summed E-state index contributed by atoms with van der Waals surface area (Å²) in [5.41, 5.74) is 1.64. The summed E-state index contributed by atoms with van der Waals surface area (Å²) in [6.07, 6.45) is 0.281. The first-order valence-corrected chi connectivity index (χ1v) is 10.9. The lowest BCUT2D eigenvalue weighted by molar-refractivity contribution is -0.132. The fourth-order valence-corrected chi connectivity index (χ4v) is 3.97. The zero-order valence-electron chi connectivity index (χ0n) is 18.3. The van der Waals surface area contributed by atoms with Gasteiger partial charge in [-0.1, -0.05) is 18.2 Å². The number of methoxy groups -OCH3 is 1. The Morgan fingerprint density at radius 3 is 2.53 bits per heavy atom. The fraction of sp³-hybridized carbons (Fsp3) is 0.417. The van der Waals surface area contributed by atoms with Gasteiger partial charge in [-0.2, -0.15) is 0 Å². The zero-order chi connectivity index (χ0) is 22.3. The van der Waals surface area contributed by atoms with E-state index >= 15 is 0 Å². The lowest BCUT2D eigenvalue weighted by Gasteiger charge is -2.35. The summed E-state index contributed by atoms with van der Waals surface area (Å²) in [6.45, 7) is 5.28. The summed E-state index contributed by atoms with van der Waals surface area (Å²) in [5, 5.41) is 2.81. The molecule has 0 spiro atoms. The molecule has 0 unspecified atom stereocenters. The third-order valence-corrected chi connectivity index (χ3v) is 5.71. The second-order valence-electron chi connectivity index (χ2n) is 7.84. The van der Waals surface area contributed by atoms with Gasteiger partial charge >= 0.3 is 0 Å². The van der Waals surface area contributed by atoms with Gasteiger partial charge in [-0.25, -0.2) is 0 Å². The van der Waals surface area contributed by atoms with Crippen LogP contribution in [0.25, 0.3) is 0 Å². The number of benzene rings is 2. The van der Waals surface area contributed by atoms with Crippen LogP contribution < -0.4 is 19.5 Å². The number of piperazine rings is 1. The minimum absolute atomic E-state index is 0.0595. The Labute approximate surface area is 188 Å². The van der Waals surface area contributed by atoms with Gasteiger partial charge in [-0.15, -0.1) is 0 Å². The molecule has 1 fully saturated rings. The molecule has 170 valence electrons. The lowest BCUT2D eigenvalue weighted by atomic mass is 10.1. The standard InChI is InChI=1S/C24H29N3O5/c1-30-20-5-3-2-4-19(20)24(29)25-9-8-23(28)27-12-10-26(11-13-27)17-18-6-7-21-22(16-18)32-15-14-31-21/h2-7,16H,8-15,17H2,1H3,(H,25,29). The highest BCUT2D eigenvalue weighted by Crippen LogP contribution is 2.31. The van der Waals surface area contributed by atoms with Crippen LogP contribution in [0.3, 0.4) is 0 Å². The molecule has 2 aromatic carbocycles. The molecule has 0 bridgehead atoms. The average Bonchev–Trinajstić information content (AvgIpc) is 2.84. The molecular weight excluding hydrogens is 410 g/mol. The Balaban J connectivity index is 1.19. The van der Waals surface area contributed by atoms with Gasteiger partial charge < -0.3 is 24.4 Å². The van der Waals surface area contributed by atoms with E-state index in [9.17, 15) is 9.59 Å². The van der Waals surface area contributed by atoms with E-state index in [1.54, 1.807) is 18.2 Å². The molecule has 8 nitrogen and oxygen atoms in total. The molecule has 2 aromatic rings. The Morgan fingerprint density at radius 1 is 1.00 bits per heavy atom. The van der Waals surface area contributed by atoms with Crippen LogP contribution in [0, 0.1) is 0 Å². The minimum atomic E-state index is -0.237. The van der Waals surface area contributed by atoms with Gasteiger partial charge in [0.2, 0.25) is 5.91 Å². The number of amides is 2. The van der Waals surface area contributed by atoms with E-state index < -0.39 is 0 Å². The maximum atomic E-state index is 12.6. The first-order valence-electron chi connectivity index (χ1n) is 10.9. The number of ether oxygens (including phenoxy) is 3. The molecule has 0 aliphatic carbocycles. The molecule has 0 saturated carbocycles. The van der Waals surface area contributed by atoms with Gasteiger partial charge in [-0.3, -0.25) is 14.5 Å². The number of carbonyl (C=O) groups is 2. The van der Waals surface area contributed by atoms with Gasteiger partial charge in [0.1, 0.15) is 19.0 Å². The summed E-state index contributed by atoms with van der Waals surface area (Å²) in [5.74, 6) is 1.94. The molecule has 0 radical (unpaired) electrons. The van der Waals surface area contributed by atoms with E-state index in [0.717, 1.165) is 31.1 Å². The Morgan fingerprint density at radius 2 is 1.75 bits per heavy atom. The SMILES string of the molecule is COc1ccccc1C(=O)NCCC(=O)N1CCN(Cc2ccc3c(c2)OCCO3)CC1. The molecule has 2 amide bonds. The number of rotatable bonds is 7. The summed E-state index contributed by atoms with van der Waals surface area (Å²) in [6, 6.07) is 13.1. The summed E-state index contributed by atoms with van der Waals surface area (Å²) < 4.78 is 16.5. The van der Waals surface area contributed by atoms with Crippen LogP contribution in [0.4, 0.5) is 0 Å². The van der Waals surface area contributed by atoms with E-state index in [1.807, 2.05) is 23.1 Å². The Kier molecular flexibility index (Phi) is 7.11. The molecule has 1 N–H and O–H groups in total. The normalized spacial score (nSPS) is 15.8. The summed E-state index contributed by atoms with van der Waals surface area (Å²) >= 11 is 0. The van der Waals surface area contributed by atoms with Crippen molar-refractivity contribution < 1.29 is 23.8 Å². The van der Waals surface area contributed by atoms with Crippen molar-refractivity contribution in [3.05, 3.63) is 53.6 Å². The van der Waals surface area contributed by atoms with E-state index in [0.29, 0.717) is 44.2 Å². The van der Waals surface area contributed by atoms with Crippen molar-refractivity contribution in [3.63, 3.8) is 0 Å². The second kappa shape index (κ2) is 10.4. The first kappa shape index (κ1) is 22.0. The van der Waals surface area contributed by atoms with Crippen LogP contribution in [0.2, 0.25) is 0 Å². The highest BCUT2D eigenvalue weighted by Gasteiger charge is 2.22. The number of nitrogens with zero attached hydrogens (tertiary/aromatic N) is 2. The number of fused-ring (bicyclic) bond motifs is 1. The fourth-order valence-electron chi connectivity index (χ4n) is 3.97. The average molecular weight is 440 g/mol. The highest BCUT2D eigenvalue weighted by atomic mass is 16.6. The third kappa shape index (κ3) is 5.31. The van der Waals surface area contributed by atoms with Gasteiger partial charge in [0.25, 0.3) is 5.91 Å². The maximum Gasteiger partial charge on any atom is 0.255 e. The Hall–Kier alpha value is -3.26. The van der Waals surface area contributed by atoms with E-state index in [1.165, 1.54) is 12.7 Å². The highest BCUT2D eigenvalue weighted by molar-refractivity contribution is 5.97. The van der Waals surface area contributed by atoms with E-state index in [4.69, 9.17) is 14.2 Å².